The second-order valence-electron chi connectivity index (χ2n) is 5.70. The maximum absolute atomic E-state index is 12.7. The number of carbonyl (C=O) groups excluding carboxylic acids is 1. The summed E-state index contributed by atoms with van der Waals surface area (Å²) in [6, 6.07) is 13.5. The van der Waals surface area contributed by atoms with E-state index in [9.17, 15) is 4.79 Å². The van der Waals surface area contributed by atoms with Crippen molar-refractivity contribution >= 4 is 17.5 Å². The second-order valence-corrected chi connectivity index (χ2v) is 6.95. The molecular weight excluding hydrogens is 320 g/mol. The van der Waals surface area contributed by atoms with Gasteiger partial charge < -0.3 is 9.47 Å². The summed E-state index contributed by atoms with van der Waals surface area (Å²) < 4.78 is 10.5. The van der Waals surface area contributed by atoms with Crippen LogP contribution in [0.15, 0.2) is 53.4 Å². The lowest BCUT2D eigenvalue weighted by Crippen LogP contribution is -2.00. The molecule has 0 N–H and O–H groups in total. The van der Waals surface area contributed by atoms with E-state index in [4.69, 9.17) is 9.47 Å². The summed E-state index contributed by atoms with van der Waals surface area (Å²) in [4.78, 5) is 13.5. The van der Waals surface area contributed by atoms with Crippen LogP contribution in [0.2, 0.25) is 0 Å². The summed E-state index contributed by atoms with van der Waals surface area (Å²) in [6.45, 7) is 2.04. The number of ether oxygens (including phenoxy) is 2. The van der Waals surface area contributed by atoms with Gasteiger partial charge in [0.25, 0.3) is 0 Å². The Hall–Kier alpha value is -2.20. The minimum atomic E-state index is 0.0617. The lowest BCUT2D eigenvalue weighted by atomic mass is 10.0. The van der Waals surface area contributed by atoms with Crippen LogP contribution in [0.4, 0.5) is 0 Å². The van der Waals surface area contributed by atoms with Crippen molar-refractivity contribution in [2.45, 2.75) is 18.6 Å². The van der Waals surface area contributed by atoms with E-state index >= 15 is 0 Å². The molecule has 1 atom stereocenters. The van der Waals surface area contributed by atoms with Crippen molar-refractivity contribution in [1.82, 2.24) is 0 Å². The number of benzene rings is 2. The summed E-state index contributed by atoms with van der Waals surface area (Å²) >= 11 is 1.63. The lowest BCUT2D eigenvalue weighted by Gasteiger charge is -2.13. The van der Waals surface area contributed by atoms with Crippen molar-refractivity contribution in [2.24, 2.45) is 0 Å². The number of ketones is 1. The molecule has 0 saturated carbocycles. The molecule has 0 radical (unpaired) electrons. The van der Waals surface area contributed by atoms with E-state index in [1.807, 2.05) is 37.3 Å². The maximum atomic E-state index is 12.7. The molecule has 24 heavy (non-hydrogen) atoms. The fourth-order valence-corrected chi connectivity index (χ4v) is 4.02. The predicted molar refractivity (Wildman–Crippen MR) is 98.1 cm³/mol. The Morgan fingerprint density at radius 1 is 1.12 bits per heavy atom. The van der Waals surface area contributed by atoms with Gasteiger partial charge in [-0.3, -0.25) is 4.79 Å². The minimum Gasteiger partial charge on any atom is -0.497 e. The minimum absolute atomic E-state index is 0.0617. The van der Waals surface area contributed by atoms with E-state index in [0.29, 0.717) is 11.3 Å². The number of rotatable bonds is 5. The summed E-state index contributed by atoms with van der Waals surface area (Å²) in [5, 5.41) is 0.277. The SMILES string of the molecule is COc1cccc(C(=O)C2=CCC(c3ccc(OC)c(C)c3)S2)c1. The van der Waals surface area contributed by atoms with Gasteiger partial charge in [0.15, 0.2) is 5.78 Å². The number of allylic oxidation sites excluding steroid dienone is 2. The average Bonchev–Trinajstić information content (AvgIpc) is 3.11. The Morgan fingerprint density at radius 2 is 1.96 bits per heavy atom. The van der Waals surface area contributed by atoms with Crippen molar-refractivity contribution in [3.8, 4) is 11.5 Å². The van der Waals surface area contributed by atoms with E-state index in [2.05, 4.69) is 12.1 Å². The quantitative estimate of drug-likeness (QED) is 0.721. The first kappa shape index (κ1) is 16.7. The smallest absolute Gasteiger partial charge is 0.199 e. The van der Waals surface area contributed by atoms with Crippen molar-refractivity contribution in [1.29, 1.82) is 0 Å². The Kier molecular flexibility index (Phi) is 4.95. The zero-order chi connectivity index (χ0) is 17.1. The number of aryl methyl sites for hydroxylation is 1. The number of methoxy groups -OCH3 is 2. The van der Waals surface area contributed by atoms with Gasteiger partial charge >= 0.3 is 0 Å². The third-order valence-corrected chi connectivity index (χ3v) is 5.49. The van der Waals surface area contributed by atoms with Crippen molar-refractivity contribution in [3.05, 3.63) is 70.1 Å². The monoisotopic (exact) mass is 340 g/mol. The number of hydrogen-bond acceptors (Lipinski definition) is 4. The number of hydrogen-bond donors (Lipinski definition) is 0. The fraction of sp³-hybridized carbons (Fsp3) is 0.250. The standard InChI is InChI=1S/C20H20O3S/c1-13-11-14(7-8-17(13)23-3)18-9-10-19(24-18)20(21)15-5-4-6-16(12-15)22-2/h4-8,10-12,18H,9H2,1-3H3. The van der Waals surface area contributed by atoms with Gasteiger partial charge in [-0.1, -0.05) is 30.3 Å². The highest BCUT2D eigenvalue weighted by Gasteiger charge is 2.25. The first-order valence-electron chi connectivity index (χ1n) is 7.82. The number of carbonyl (C=O) groups is 1. The summed E-state index contributed by atoms with van der Waals surface area (Å²) in [5.41, 5.74) is 3.01. The van der Waals surface area contributed by atoms with Crippen LogP contribution in [0, 0.1) is 6.92 Å². The molecule has 4 heteroatoms. The number of Topliss-reactive ketones (excluding diaryl/α,β-unsaturated/α-hetero) is 1. The van der Waals surface area contributed by atoms with Crippen LogP contribution in [0.1, 0.15) is 33.2 Å². The van der Waals surface area contributed by atoms with Crippen LogP contribution in [-0.2, 0) is 0 Å². The summed E-state index contributed by atoms with van der Waals surface area (Å²) in [6.07, 6.45) is 2.90. The Bertz CT molecular complexity index is 795. The molecule has 0 fully saturated rings. The van der Waals surface area contributed by atoms with Gasteiger partial charge in [-0.2, -0.15) is 0 Å². The van der Waals surface area contributed by atoms with Crippen molar-refractivity contribution < 1.29 is 14.3 Å². The summed E-state index contributed by atoms with van der Waals surface area (Å²) in [7, 11) is 3.29. The molecule has 0 amide bonds. The van der Waals surface area contributed by atoms with E-state index in [1.54, 1.807) is 32.0 Å². The molecule has 3 rings (SSSR count). The first-order valence-corrected chi connectivity index (χ1v) is 8.70. The Morgan fingerprint density at radius 3 is 2.67 bits per heavy atom. The molecule has 1 aliphatic rings. The molecule has 124 valence electrons. The molecule has 1 aliphatic heterocycles. The highest BCUT2D eigenvalue weighted by atomic mass is 32.2. The van der Waals surface area contributed by atoms with Crippen LogP contribution >= 0.6 is 11.8 Å². The molecule has 0 bridgehead atoms. The molecule has 0 saturated heterocycles. The van der Waals surface area contributed by atoms with Gasteiger partial charge in [-0.05, 0) is 42.7 Å². The lowest BCUT2D eigenvalue weighted by molar-refractivity contribution is 0.104. The van der Waals surface area contributed by atoms with Gasteiger partial charge in [-0.15, -0.1) is 11.8 Å². The predicted octanol–water partition coefficient (Wildman–Crippen LogP) is 4.96. The highest BCUT2D eigenvalue weighted by Crippen LogP contribution is 2.45. The molecular formula is C20H20O3S. The normalized spacial score (nSPS) is 16.6. The van der Waals surface area contributed by atoms with E-state index in [-0.39, 0.29) is 11.0 Å². The van der Waals surface area contributed by atoms with Gasteiger partial charge in [0.2, 0.25) is 0 Å². The van der Waals surface area contributed by atoms with Gasteiger partial charge in [0.05, 0.1) is 19.1 Å². The molecule has 3 nitrogen and oxygen atoms in total. The molecule has 2 aromatic rings. The van der Waals surface area contributed by atoms with Crippen LogP contribution < -0.4 is 9.47 Å². The fourth-order valence-electron chi connectivity index (χ4n) is 2.82. The highest BCUT2D eigenvalue weighted by molar-refractivity contribution is 8.04. The van der Waals surface area contributed by atoms with E-state index in [0.717, 1.165) is 22.6 Å². The van der Waals surface area contributed by atoms with E-state index < -0.39 is 0 Å². The third kappa shape index (κ3) is 3.34. The molecule has 0 spiro atoms. The zero-order valence-corrected chi connectivity index (χ0v) is 14.9. The van der Waals surface area contributed by atoms with Gasteiger partial charge in [-0.25, -0.2) is 0 Å². The average molecular weight is 340 g/mol. The largest absolute Gasteiger partial charge is 0.497 e. The Balaban J connectivity index is 1.74. The van der Waals surface area contributed by atoms with Crippen LogP contribution in [0.5, 0.6) is 11.5 Å². The molecule has 1 unspecified atom stereocenters. The molecule has 0 aliphatic carbocycles. The van der Waals surface area contributed by atoms with Crippen molar-refractivity contribution in [2.75, 3.05) is 14.2 Å². The van der Waals surface area contributed by atoms with Crippen LogP contribution in [0.3, 0.4) is 0 Å². The molecule has 2 aromatic carbocycles. The topological polar surface area (TPSA) is 35.5 Å². The Labute approximate surface area is 146 Å². The van der Waals surface area contributed by atoms with Crippen LogP contribution in [-0.4, -0.2) is 20.0 Å². The van der Waals surface area contributed by atoms with Gasteiger partial charge in [0.1, 0.15) is 11.5 Å². The third-order valence-electron chi connectivity index (χ3n) is 4.13. The maximum Gasteiger partial charge on any atom is 0.199 e. The van der Waals surface area contributed by atoms with Crippen molar-refractivity contribution in [3.63, 3.8) is 0 Å². The van der Waals surface area contributed by atoms with Crippen LogP contribution in [0.25, 0.3) is 0 Å². The first-order chi connectivity index (χ1) is 11.6. The number of thioether (sulfide) groups is 1. The second kappa shape index (κ2) is 7.14. The zero-order valence-electron chi connectivity index (χ0n) is 14.0. The molecule has 0 aromatic heterocycles. The molecule has 1 heterocycles. The van der Waals surface area contributed by atoms with Gasteiger partial charge in [0, 0.05) is 10.8 Å². The summed E-state index contributed by atoms with van der Waals surface area (Å²) in [5.74, 6) is 1.65. The van der Waals surface area contributed by atoms with E-state index in [1.165, 1.54) is 5.56 Å².